The summed E-state index contributed by atoms with van der Waals surface area (Å²) in [7, 11) is -2.33. The average molecular weight is 1180 g/mol. The minimum Gasteiger partial charge on any atom is -0.465 e. The van der Waals surface area contributed by atoms with Crippen molar-refractivity contribution >= 4 is 56.2 Å². The largest absolute Gasteiger partial charge is 0.465 e. The number of nitriles is 2. The summed E-state index contributed by atoms with van der Waals surface area (Å²) in [5.41, 5.74) is 2.96. The van der Waals surface area contributed by atoms with Crippen LogP contribution in [0.4, 0.5) is 0 Å². The third-order valence-electron chi connectivity index (χ3n) is 16.1. The fraction of sp³-hybridized carbons (Fsp3) is 0.485. The van der Waals surface area contributed by atoms with Crippen LogP contribution >= 0.6 is 11.8 Å². The van der Waals surface area contributed by atoms with E-state index in [1.165, 1.54) is 60.3 Å². The van der Waals surface area contributed by atoms with Gasteiger partial charge in [-0.2, -0.15) is 20.7 Å². The van der Waals surface area contributed by atoms with Crippen molar-refractivity contribution in [2.24, 2.45) is 33.9 Å². The number of aromatic nitrogens is 2. The van der Waals surface area contributed by atoms with E-state index in [1.807, 2.05) is 85.8 Å². The van der Waals surface area contributed by atoms with Crippen molar-refractivity contribution in [1.29, 1.82) is 10.5 Å². The highest BCUT2D eigenvalue weighted by Crippen LogP contribution is 2.46. The number of nitrogens with zero attached hydrogens (tertiary/aromatic N) is 6. The lowest BCUT2D eigenvalue weighted by Crippen LogP contribution is -2.37. The number of esters is 3. The van der Waals surface area contributed by atoms with Crippen molar-refractivity contribution in [3.05, 3.63) is 141 Å². The number of fused-ring (bicyclic) bond motifs is 2. The van der Waals surface area contributed by atoms with Gasteiger partial charge in [-0.15, -0.1) is 0 Å². The molecule has 446 valence electrons. The molecule has 1 amide bonds. The monoisotopic (exact) mass is 1180 g/mol. The first-order chi connectivity index (χ1) is 40.4. The van der Waals surface area contributed by atoms with Gasteiger partial charge in [0.25, 0.3) is 5.91 Å². The predicted molar refractivity (Wildman–Crippen MR) is 327 cm³/mol. The number of ether oxygens (including phenoxy) is 3. The summed E-state index contributed by atoms with van der Waals surface area (Å²) in [6.07, 6.45) is 16.3. The van der Waals surface area contributed by atoms with Crippen LogP contribution in [-0.2, 0) is 28.8 Å². The first-order valence-corrected chi connectivity index (χ1v) is 32.5. The molecule has 0 bridgehead atoms. The van der Waals surface area contributed by atoms with Gasteiger partial charge in [0.15, 0.2) is 14.9 Å². The molecule has 0 saturated heterocycles. The molecule has 1 aliphatic carbocycles. The fourth-order valence-electron chi connectivity index (χ4n) is 12.0. The molecule has 3 aliphatic rings. The van der Waals surface area contributed by atoms with Crippen molar-refractivity contribution in [2.45, 2.75) is 166 Å². The second-order valence-corrected chi connectivity index (χ2v) is 25.6. The van der Waals surface area contributed by atoms with E-state index in [0.29, 0.717) is 33.5 Å². The molecule has 2 aliphatic heterocycles. The van der Waals surface area contributed by atoms with Gasteiger partial charge in [0.2, 0.25) is 0 Å². The smallest absolute Gasteiger partial charge is 0.341 e. The van der Waals surface area contributed by atoms with E-state index in [9.17, 15) is 38.1 Å². The maximum atomic E-state index is 14.1. The average Bonchev–Trinajstić information content (AvgIpc) is 1.90. The quantitative estimate of drug-likeness (QED) is 0.0346. The molecule has 2 aromatic heterocycles. The molecule has 3 aromatic carbocycles. The van der Waals surface area contributed by atoms with Gasteiger partial charge >= 0.3 is 17.9 Å². The number of rotatable bonds is 24. The second-order valence-electron chi connectivity index (χ2n) is 22.6. The van der Waals surface area contributed by atoms with Crippen LogP contribution in [0.2, 0.25) is 0 Å². The Kier molecular flexibility index (Phi) is 23.0. The van der Waals surface area contributed by atoms with Crippen molar-refractivity contribution in [3.8, 4) is 12.1 Å². The molecule has 84 heavy (non-hydrogen) atoms. The molecule has 18 heteroatoms. The number of hydrogen-bond donors (Lipinski definition) is 1. The topological polar surface area (TPSA) is 224 Å². The lowest BCUT2D eigenvalue weighted by atomic mass is 9.75. The van der Waals surface area contributed by atoms with Gasteiger partial charge in [-0.05, 0) is 86.0 Å². The van der Waals surface area contributed by atoms with E-state index in [2.05, 4.69) is 56.2 Å². The van der Waals surface area contributed by atoms with Gasteiger partial charge in [-0.3, -0.25) is 9.59 Å². The number of carbonyl (C=O) groups is 4. The molecule has 1 N–H and O–H groups in total. The van der Waals surface area contributed by atoms with Crippen LogP contribution in [0.15, 0.2) is 105 Å². The lowest BCUT2D eigenvalue weighted by molar-refractivity contribution is -0.143. The SMILES string of the molecule is CCCCCCCCC(CCCCCC)COC(=O)c1c(C#N)c(C(=O)NC)n2c1C(C(=O)OCC)C(c1ccccc1)=N2.Cc1ccccc1Sc1c(C#N)c(C(=O)OC2C(C)CC(C)CC2C)c2n1N=C(S(C)(=O)=O)C2c1ccccc1. The minimum absolute atomic E-state index is 0.0629. The summed E-state index contributed by atoms with van der Waals surface area (Å²) in [6.45, 7) is 14.8. The molecular weight excluding hydrogens is 1100 g/mol. The summed E-state index contributed by atoms with van der Waals surface area (Å²) in [5.74, 6) is -3.46. The number of sulfone groups is 1. The van der Waals surface area contributed by atoms with Crippen molar-refractivity contribution in [3.63, 3.8) is 0 Å². The molecule has 8 rings (SSSR count). The number of benzene rings is 3. The second kappa shape index (κ2) is 30.0. The number of carbonyl (C=O) groups excluding carboxylic acids is 4. The van der Waals surface area contributed by atoms with Crippen LogP contribution in [-0.4, -0.2) is 85.0 Å². The van der Waals surface area contributed by atoms with E-state index in [-0.39, 0.29) is 75.8 Å². The summed E-state index contributed by atoms with van der Waals surface area (Å²) < 4.78 is 46.4. The molecule has 0 radical (unpaired) electrons. The zero-order valence-corrected chi connectivity index (χ0v) is 51.7. The number of amides is 1. The number of unbranched alkanes of at least 4 members (excludes halogenated alkanes) is 8. The van der Waals surface area contributed by atoms with Gasteiger partial charge in [-0.1, -0.05) is 189 Å². The Hall–Kier alpha value is -7.28. The standard InChI is InChI=1S/C35H48N4O5.C31H33N3O4S2/c1-5-8-10-12-13-16-20-25(19-15-11-9-6-2)24-44-34(41)28-27(23-36)31(33(40)37-4)39-32(28)29(35(42)43-7-3)30(38-39)26-21-17-14-18-22-26;1-18-15-20(3)28(21(4)16-18)38-31(35)26-23(17-32)30(39-24-14-10-9-11-19(24)2)34-27(26)25(22-12-7-6-8-13-22)29(33-34)40(5,36)37/h14,17-18,21-22,25,29H,5-13,15-16,19-20,24H2,1-4H3,(H,37,40);6-14,18,20-21,25,28H,15-16H2,1-5H3. The van der Waals surface area contributed by atoms with Crippen molar-refractivity contribution < 1.29 is 41.8 Å². The molecule has 5 atom stereocenters. The molecule has 16 nitrogen and oxygen atoms in total. The number of nitrogens with one attached hydrogen (secondary N) is 1. The highest BCUT2D eigenvalue weighted by Gasteiger charge is 2.47. The molecule has 5 aromatic rings. The minimum atomic E-state index is -3.76. The van der Waals surface area contributed by atoms with Crippen LogP contribution in [0.5, 0.6) is 0 Å². The Labute approximate surface area is 500 Å². The summed E-state index contributed by atoms with van der Waals surface area (Å²) in [6, 6.07) is 30.2. The maximum Gasteiger partial charge on any atom is 0.341 e. The Bertz CT molecular complexity index is 3400. The predicted octanol–water partition coefficient (Wildman–Crippen LogP) is 13.5. The zero-order valence-electron chi connectivity index (χ0n) is 50.1. The first-order valence-electron chi connectivity index (χ1n) is 29.8. The first kappa shape index (κ1) is 64.3. The normalized spacial score (nSPS) is 19.0. The van der Waals surface area contributed by atoms with E-state index < -0.39 is 45.5 Å². The van der Waals surface area contributed by atoms with Gasteiger partial charge in [0.1, 0.15) is 51.6 Å². The highest BCUT2D eigenvalue weighted by atomic mass is 32.2. The van der Waals surface area contributed by atoms with E-state index in [4.69, 9.17) is 14.2 Å². The molecule has 4 heterocycles. The molecule has 1 fully saturated rings. The van der Waals surface area contributed by atoms with Gasteiger partial charge in [0.05, 0.1) is 41.8 Å². The molecule has 5 unspecified atom stereocenters. The Morgan fingerprint density at radius 2 is 1.30 bits per heavy atom. The van der Waals surface area contributed by atoms with Crippen molar-refractivity contribution in [2.75, 3.05) is 26.5 Å². The van der Waals surface area contributed by atoms with E-state index >= 15 is 0 Å². The number of aryl methyl sites for hydroxylation is 1. The van der Waals surface area contributed by atoms with Gasteiger partial charge in [-0.25, -0.2) is 27.4 Å². The third-order valence-corrected chi connectivity index (χ3v) is 18.4. The molecular formula is C66H81N7O9S2. The maximum absolute atomic E-state index is 14.1. The highest BCUT2D eigenvalue weighted by molar-refractivity contribution is 8.06. The Morgan fingerprint density at radius 3 is 1.88 bits per heavy atom. The van der Waals surface area contributed by atoms with Gasteiger partial charge < -0.3 is 19.5 Å². The van der Waals surface area contributed by atoms with Crippen molar-refractivity contribution in [1.82, 2.24) is 14.7 Å². The van der Waals surface area contributed by atoms with Crippen LogP contribution in [0.3, 0.4) is 0 Å². The summed E-state index contributed by atoms with van der Waals surface area (Å²) in [5, 5.41) is 32.7. The molecule has 0 spiro atoms. The summed E-state index contributed by atoms with van der Waals surface area (Å²) >= 11 is 1.30. The van der Waals surface area contributed by atoms with E-state index in [1.54, 1.807) is 19.1 Å². The summed E-state index contributed by atoms with van der Waals surface area (Å²) in [4.78, 5) is 55.3. The lowest BCUT2D eigenvalue weighted by Gasteiger charge is -2.37. The van der Waals surface area contributed by atoms with Crippen LogP contribution in [0.1, 0.15) is 214 Å². The van der Waals surface area contributed by atoms with Crippen LogP contribution in [0, 0.1) is 53.3 Å². The van der Waals surface area contributed by atoms with Gasteiger partial charge in [0, 0.05) is 18.2 Å². The number of hydrogen-bond acceptors (Lipinski definition) is 14. The Morgan fingerprint density at radius 1 is 0.726 bits per heavy atom. The Balaban J connectivity index is 0.000000242. The third kappa shape index (κ3) is 14.8. The van der Waals surface area contributed by atoms with E-state index in [0.717, 1.165) is 74.5 Å². The fourth-order valence-corrected chi connectivity index (χ4v) is 14.0. The zero-order chi connectivity index (χ0) is 60.7. The molecule has 1 saturated carbocycles. The van der Waals surface area contributed by atoms with Crippen LogP contribution in [0.25, 0.3) is 0 Å². The van der Waals surface area contributed by atoms with Crippen LogP contribution < -0.4 is 5.32 Å².